The van der Waals surface area contributed by atoms with Crippen LogP contribution in [0.4, 0.5) is 0 Å². The predicted molar refractivity (Wildman–Crippen MR) is 89.1 cm³/mol. The molecule has 1 aromatic heterocycles. The van der Waals surface area contributed by atoms with Crippen LogP contribution < -0.4 is 10.1 Å². The normalized spacial score (nSPS) is 25.8. The van der Waals surface area contributed by atoms with Gasteiger partial charge in [-0.25, -0.2) is 8.42 Å². The topological polar surface area (TPSA) is 71.5 Å². The van der Waals surface area contributed by atoms with Crippen molar-refractivity contribution in [2.24, 2.45) is 0 Å². The van der Waals surface area contributed by atoms with Gasteiger partial charge in [0.2, 0.25) is 10.0 Å². The Balaban J connectivity index is 1.79. The van der Waals surface area contributed by atoms with Crippen LogP contribution in [0.15, 0.2) is 53.6 Å². The second kappa shape index (κ2) is 5.84. The molecule has 1 spiro atoms. The third-order valence-corrected chi connectivity index (χ3v) is 6.36. The van der Waals surface area contributed by atoms with Gasteiger partial charge in [0.25, 0.3) is 0 Å². The zero-order valence-corrected chi connectivity index (χ0v) is 14.0. The number of para-hydroxylation sites is 1. The number of nitrogens with one attached hydrogen (secondary N) is 1. The van der Waals surface area contributed by atoms with Crippen molar-refractivity contribution in [2.45, 2.75) is 23.5 Å². The van der Waals surface area contributed by atoms with Crippen molar-refractivity contribution in [1.29, 1.82) is 0 Å². The molecule has 126 valence electrons. The maximum atomic E-state index is 13.2. The number of ether oxygens (including phenoxy) is 1. The van der Waals surface area contributed by atoms with Gasteiger partial charge in [0, 0.05) is 19.2 Å². The summed E-state index contributed by atoms with van der Waals surface area (Å²) < 4.78 is 34.0. The smallest absolute Gasteiger partial charge is 0.247 e. The first-order valence-corrected chi connectivity index (χ1v) is 9.42. The summed E-state index contributed by atoms with van der Waals surface area (Å²) in [6, 6.07) is 12.4. The van der Waals surface area contributed by atoms with Crippen molar-refractivity contribution in [3.63, 3.8) is 0 Å². The van der Waals surface area contributed by atoms with Gasteiger partial charge >= 0.3 is 0 Å². The predicted octanol–water partition coefficient (Wildman–Crippen LogP) is 1.40. The van der Waals surface area contributed by atoms with Crippen molar-refractivity contribution in [3.05, 3.63) is 54.4 Å². The van der Waals surface area contributed by atoms with Gasteiger partial charge < -0.3 is 10.1 Å². The highest BCUT2D eigenvalue weighted by Gasteiger charge is 2.45. The first-order valence-electron chi connectivity index (χ1n) is 7.98. The molecule has 0 aliphatic carbocycles. The Labute approximate surface area is 141 Å². The third-order valence-electron chi connectivity index (χ3n) is 4.53. The molecule has 3 heterocycles. The van der Waals surface area contributed by atoms with Crippen molar-refractivity contribution in [2.75, 3.05) is 19.6 Å². The summed E-state index contributed by atoms with van der Waals surface area (Å²) in [4.78, 5) is 4.50. The number of hydrogen-bond donors (Lipinski definition) is 1. The van der Waals surface area contributed by atoms with Crippen LogP contribution in [0.3, 0.4) is 0 Å². The standard InChI is InChI=1S/C17H19N3O3S/c21-24(22)16-7-2-1-6-15(16)23-17(8-10-18-12-17)13-20(24)11-14-5-3-4-9-19-14/h1-7,9,18H,8,10-13H2/t17-/m0/s1. The van der Waals surface area contributed by atoms with Crippen LogP contribution in [0.25, 0.3) is 0 Å². The molecule has 24 heavy (non-hydrogen) atoms. The van der Waals surface area contributed by atoms with Crippen molar-refractivity contribution in [3.8, 4) is 5.75 Å². The Hall–Kier alpha value is -1.96. The molecule has 0 amide bonds. The summed E-state index contributed by atoms with van der Waals surface area (Å²) in [5.41, 5.74) is 0.190. The third kappa shape index (κ3) is 2.68. The molecule has 4 rings (SSSR count). The first-order chi connectivity index (χ1) is 11.6. The fourth-order valence-corrected chi connectivity index (χ4v) is 4.91. The fraction of sp³-hybridized carbons (Fsp3) is 0.353. The number of benzene rings is 1. The quantitative estimate of drug-likeness (QED) is 0.891. The van der Waals surface area contributed by atoms with Crippen LogP contribution in [-0.4, -0.2) is 42.9 Å². The molecule has 1 atom stereocenters. The van der Waals surface area contributed by atoms with E-state index in [9.17, 15) is 8.42 Å². The Bertz CT molecular complexity index is 833. The van der Waals surface area contributed by atoms with Crippen molar-refractivity contribution in [1.82, 2.24) is 14.6 Å². The minimum absolute atomic E-state index is 0.227. The average Bonchev–Trinajstić information content (AvgIpc) is 3.00. The van der Waals surface area contributed by atoms with E-state index in [1.807, 2.05) is 18.2 Å². The van der Waals surface area contributed by atoms with Crippen LogP contribution in [0, 0.1) is 0 Å². The van der Waals surface area contributed by atoms with Gasteiger partial charge in [-0.3, -0.25) is 4.98 Å². The molecule has 0 bridgehead atoms. The van der Waals surface area contributed by atoms with E-state index < -0.39 is 15.6 Å². The Morgan fingerprint density at radius 2 is 2.04 bits per heavy atom. The lowest BCUT2D eigenvalue weighted by molar-refractivity contribution is 0.0693. The molecule has 1 fully saturated rings. The van der Waals surface area contributed by atoms with Crippen LogP contribution in [0.1, 0.15) is 12.1 Å². The lowest BCUT2D eigenvalue weighted by Crippen LogP contribution is -2.48. The van der Waals surface area contributed by atoms with Gasteiger partial charge in [-0.15, -0.1) is 0 Å². The van der Waals surface area contributed by atoms with E-state index in [4.69, 9.17) is 4.74 Å². The summed E-state index contributed by atoms with van der Waals surface area (Å²) >= 11 is 0. The summed E-state index contributed by atoms with van der Waals surface area (Å²) in [5.74, 6) is 0.435. The zero-order valence-electron chi connectivity index (χ0n) is 13.2. The molecule has 2 aliphatic heterocycles. The average molecular weight is 345 g/mol. The highest BCUT2D eigenvalue weighted by molar-refractivity contribution is 7.89. The van der Waals surface area contributed by atoms with E-state index in [0.717, 1.165) is 18.7 Å². The summed E-state index contributed by atoms with van der Waals surface area (Å²) in [5, 5.41) is 3.29. The monoisotopic (exact) mass is 345 g/mol. The first kappa shape index (κ1) is 15.6. The number of nitrogens with zero attached hydrogens (tertiary/aromatic N) is 2. The number of fused-ring (bicyclic) bond motifs is 1. The van der Waals surface area contributed by atoms with Crippen LogP contribution in [0.2, 0.25) is 0 Å². The second-order valence-corrected chi connectivity index (χ2v) is 8.16. The SMILES string of the molecule is O=S1(=O)c2ccccc2O[C@]2(CCNC2)CN1Cc1ccccn1. The van der Waals surface area contributed by atoms with E-state index in [1.54, 1.807) is 30.5 Å². The van der Waals surface area contributed by atoms with Gasteiger partial charge in [-0.1, -0.05) is 18.2 Å². The van der Waals surface area contributed by atoms with Gasteiger partial charge in [-0.05, 0) is 30.8 Å². The molecule has 0 unspecified atom stereocenters. The number of rotatable bonds is 2. The Morgan fingerprint density at radius 3 is 2.79 bits per heavy atom. The number of hydrogen-bond acceptors (Lipinski definition) is 5. The maximum Gasteiger partial charge on any atom is 0.247 e. The largest absolute Gasteiger partial charge is 0.483 e. The van der Waals surface area contributed by atoms with E-state index >= 15 is 0 Å². The van der Waals surface area contributed by atoms with E-state index in [0.29, 0.717) is 18.8 Å². The molecular formula is C17H19N3O3S. The molecule has 1 saturated heterocycles. The van der Waals surface area contributed by atoms with Crippen LogP contribution in [0.5, 0.6) is 5.75 Å². The Kier molecular flexibility index (Phi) is 3.79. The minimum atomic E-state index is -3.64. The fourth-order valence-electron chi connectivity index (χ4n) is 3.31. The molecule has 7 heteroatoms. The minimum Gasteiger partial charge on any atom is -0.483 e. The molecule has 2 aliphatic rings. The lowest BCUT2D eigenvalue weighted by atomic mass is 10.0. The van der Waals surface area contributed by atoms with E-state index in [1.165, 1.54) is 4.31 Å². The van der Waals surface area contributed by atoms with Gasteiger partial charge in [-0.2, -0.15) is 4.31 Å². The zero-order chi connectivity index (χ0) is 16.6. The Morgan fingerprint density at radius 1 is 1.21 bits per heavy atom. The molecule has 0 radical (unpaired) electrons. The molecule has 2 aromatic rings. The van der Waals surface area contributed by atoms with Crippen LogP contribution >= 0.6 is 0 Å². The lowest BCUT2D eigenvalue weighted by Gasteiger charge is -2.31. The molecule has 1 N–H and O–H groups in total. The van der Waals surface area contributed by atoms with Crippen molar-refractivity contribution < 1.29 is 13.2 Å². The molecular weight excluding hydrogens is 326 g/mol. The highest BCUT2D eigenvalue weighted by atomic mass is 32.2. The molecule has 1 aromatic carbocycles. The number of pyridine rings is 1. The second-order valence-electron chi connectivity index (χ2n) is 6.25. The highest BCUT2D eigenvalue weighted by Crippen LogP contribution is 2.37. The molecule has 6 nitrogen and oxygen atoms in total. The number of aromatic nitrogens is 1. The van der Waals surface area contributed by atoms with Gasteiger partial charge in [0.15, 0.2) is 0 Å². The number of sulfonamides is 1. The van der Waals surface area contributed by atoms with Crippen molar-refractivity contribution >= 4 is 10.0 Å². The van der Waals surface area contributed by atoms with Crippen LogP contribution in [-0.2, 0) is 16.6 Å². The van der Waals surface area contributed by atoms with Gasteiger partial charge in [0.1, 0.15) is 16.2 Å². The summed E-state index contributed by atoms with van der Waals surface area (Å²) in [6.45, 7) is 2.01. The summed E-state index contributed by atoms with van der Waals surface area (Å²) in [6.07, 6.45) is 2.45. The van der Waals surface area contributed by atoms with E-state index in [-0.39, 0.29) is 11.4 Å². The maximum absolute atomic E-state index is 13.2. The van der Waals surface area contributed by atoms with E-state index in [2.05, 4.69) is 10.3 Å². The summed E-state index contributed by atoms with van der Waals surface area (Å²) in [7, 11) is -3.64. The van der Waals surface area contributed by atoms with Gasteiger partial charge in [0.05, 0.1) is 18.8 Å². The molecule has 0 saturated carbocycles.